The molecule has 0 spiro atoms. The Kier molecular flexibility index (Phi) is 5.35. The highest BCUT2D eigenvalue weighted by molar-refractivity contribution is 7.89. The van der Waals surface area contributed by atoms with E-state index in [9.17, 15) is 8.42 Å². The van der Waals surface area contributed by atoms with Gasteiger partial charge in [-0.1, -0.05) is 12.1 Å². The number of ether oxygens (including phenoxy) is 1. The number of hydrogen-bond donors (Lipinski definition) is 2. The van der Waals surface area contributed by atoms with Gasteiger partial charge in [-0.2, -0.15) is 0 Å². The van der Waals surface area contributed by atoms with Gasteiger partial charge >= 0.3 is 0 Å². The van der Waals surface area contributed by atoms with Gasteiger partial charge in [0.2, 0.25) is 10.0 Å². The number of sulfonamides is 1. The smallest absolute Gasteiger partial charge is 0.241 e. The third-order valence-corrected chi connectivity index (χ3v) is 5.64. The summed E-state index contributed by atoms with van der Waals surface area (Å²) < 4.78 is 32.1. The molecule has 2 rings (SSSR count). The fraction of sp³-hybridized carbons (Fsp3) is 0.286. The highest BCUT2D eigenvalue weighted by Gasteiger charge is 2.18. The lowest BCUT2D eigenvalue weighted by Crippen LogP contribution is -2.26. The molecule has 0 atom stereocenters. The van der Waals surface area contributed by atoms with Crippen molar-refractivity contribution in [2.75, 3.05) is 13.7 Å². The molecule has 2 aromatic rings. The fourth-order valence-corrected chi connectivity index (χ4v) is 4.32. The second-order valence-corrected chi connectivity index (χ2v) is 7.15. The molecule has 0 fully saturated rings. The zero-order chi connectivity index (χ0) is 15.3. The molecular weight excluding hydrogens is 308 g/mol. The Hall–Kier alpha value is -1.41. The van der Waals surface area contributed by atoms with Crippen molar-refractivity contribution in [1.29, 1.82) is 0 Å². The van der Waals surface area contributed by atoms with Gasteiger partial charge in [0, 0.05) is 18.0 Å². The minimum absolute atomic E-state index is 0.226. The Morgan fingerprint density at radius 3 is 2.86 bits per heavy atom. The van der Waals surface area contributed by atoms with Gasteiger partial charge in [0.15, 0.2) is 0 Å². The van der Waals surface area contributed by atoms with E-state index in [1.54, 1.807) is 18.6 Å². The van der Waals surface area contributed by atoms with Crippen LogP contribution in [0.3, 0.4) is 0 Å². The number of hydrogen-bond acceptors (Lipinski definition) is 5. The third-order valence-electron chi connectivity index (χ3n) is 3.02. The Morgan fingerprint density at radius 1 is 1.33 bits per heavy atom. The molecule has 7 heteroatoms. The predicted molar refractivity (Wildman–Crippen MR) is 84.1 cm³/mol. The standard InChI is InChI=1S/C14H18N2O3S2/c1-19-12-4-2-3-11(9-12)5-7-16-21(17,18)14-6-8-20-13(14)10-15/h2-4,6,8-9,16H,5,7,10,15H2,1H3. The molecule has 0 amide bonds. The van der Waals surface area contributed by atoms with E-state index in [0.717, 1.165) is 11.3 Å². The van der Waals surface area contributed by atoms with Crippen molar-refractivity contribution in [3.63, 3.8) is 0 Å². The quantitative estimate of drug-likeness (QED) is 0.812. The van der Waals surface area contributed by atoms with Crippen LogP contribution in [0.2, 0.25) is 0 Å². The van der Waals surface area contributed by atoms with E-state index in [1.807, 2.05) is 24.3 Å². The number of nitrogens with one attached hydrogen (secondary N) is 1. The van der Waals surface area contributed by atoms with Crippen molar-refractivity contribution in [3.05, 3.63) is 46.2 Å². The summed E-state index contributed by atoms with van der Waals surface area (Å²) in [5.74, 6) is 0.763. The van der Waals surface area contributed by atoms with E-state index in [2.05, 4.69) is 4.72 Å². The van der Waals surface area contributed by atoms with E-state index >= 15 is 0 Å². The average Bonchev–Trinajstić information content (AvgIpc) is 2.97. The van der Waals surface area contributed by atoms with Crippen molar-refractivity contribution in [1.82, 2.24) is 4.72 Å². The minimum Gasteiger partial charge on any atom is -0.497 e. The maximum absolute atomic E-state index is 12.2. The van der Waals surface area contributed by atoms with Crippen LogP contribution in [0.4, 0.5) is 0 Å². The molecule has 0 unspecified atom stereocenters. The number of thiophene rings is 1. The summed E-state index contributed by atoms with van der Waals surface area (Å²) in [6.45, 7) is 0.555. The lowest BCUT2D eigenvalue weighted by Gasteiger charge is -2.08. The third kappa shape index (κ3) is 4.04. The molecule has 1 aromatic carbocycles. The van der Waals surface area contributed by atoms with Crippen LogP contribution in [0.1, 0.15) is 10.4 Å². The summed E-state index contributed by atoms with van der Waals surface area (Å²) in [4.78, 5) is 0.949. The minimum atomic E-state index is -3.50. The summed E-state index contributed by atoms with van der Waals surface area (Å²) >= 11 is 1.35. The van der Waals surface area contributed by atoms with Crippen molar-refractivity contribution in [2.24, 2.45) is 5.73 Å². The van der Waals surface area contributed by atoms with Gasteiger partial charge in [-0.25, -0.2) is 13.1 Å². The van der Waals surface area contributed by atoms with Crippen LogP contribution in [0.25, 0.3) is 0 Å². The van der Waals surface area contributed by atoms with Crippen molar-refractivity contribution in [2.45, 2.75) is 17.9 Å². The monoisotopic (exact) mass is 326 g/mol. The first kappa shape index (κ1) is 16.0. The highest BCUT2D eigenvalue weighted by Crippen LogP contribution is 2.21. The fourth-order valence-electron chi connectivity index (χ4n) is 1.95. The molecule has 0 aliphatic heterocycles. The molecule has 0 aliphatic carbocycles. The van der Waals surface area contributed by atoms with Gasteiger partial charge in [-0.3, -0.25) is 0 Å². The molecule has 0 saturated heterocycles. The Morgan fingerprint density at radius 2 is 2.14 bits per heavy atom. The number of benzene rings is 1. The molecule has 21 heavy (non-hydrogen) atoms. The van der Waals surface area contributed by atoms with Gasteiger partial charge in [-0.05, 0) is 35.6 Å². The van der Waals surface area contributed by atoms with E-state index < -0.39 is 10.0 Å². The first-order valence-electron chi connectivity index (χ1n) is 6.46. The molecule has 0 saturated carbocycles. The van der Waals surface area contributed by atoms with Gasteiger partial charge in [-0.15, -0.1) is 11.3 Å². The summed E-state index contributed by atoms with van der Waals surface area (Å²) in [6, 6.07) is 9.15. The van der Waals surface area contributed by atoms with Gasteiger partial charge in [0.05, 0.1) is 12.0 Å². The van der Waals surface area contributed by atoms with Crippen LogP contribution in [-0.2, 0) is 23.0 Å². The van der Waals surface area contributed by atoms with Crippen molar-refractivity contribution in [3.8, 4) is 5.75 Å². The summed E-state index contributed by atoms with van der Waals surface area (Å²) in [7, 11) is -1.89. The summed E-state index contributed by atoms with van der Waals surface area (Å²) in [5.41, 5.74) is 6.56. The van der Waals surface area contributed by atoms with Gasteiger partial charge in [0.25, 0.3) is 0 Å². The van der Waals surface area contributed by atoms with E-state index in [1.165, 1.54) is 11.3 Å². The Balaban J connectivity index is 1.99. The van der Waals surface area contributed by atoms with Crippen LogP contribution in [0.15, 0.2) is 40.6 Å². The molecule has 1 aromatic heterocycles. The zero-order valence-electron chi connectivity index (χ0n) is 11.7. The van der Waals surface area contributed by atoms with Crippen molar-refractivity contribution < 1.29 is 13.2 Å². The lowest BCUT2D eigenvalue weighted by molar-refractivity contribution is 0.414. The Labute approximate surface area is 128 Å². The molecule has 0 bridgehead atoms. The van der Waals surface area contributed by atoms with Crippen LogP contribution in [0.5, 0.6) is 5.75 Å². The van der Waals surface area contributed by atoms with Crippen LogP contribution in [-0.4, -0.2) is 22.1 Å². The topological polar surface area (TPSA) is 81.4 Å². The molecular formula is C14H18N2O3S2. The second kappa shape index (κ2) is 7.04. The second-order valence-electron chi connectivity index (χ2n) is 4.41. The average molecular weight is 326 g/mol. The van der Waals surface area contributed by atoms with Crippen LogP contribution < -0.4 is 15.2 Å². The number of nitrogens with two attached hydrogens (primary N) is 1. The molecule has 0 radical (unpaired) electrons. The van der Waals surface area contributed by atoms with E-state index in [0.29, 0.717) is 17.8 Å². The molecule has 1 heterocycles. The molecule has 114 valence electrons. The van der Waals surface area contributed by atoms with Gasteiger partial charge < -0.3 is 10.5 Å². The number of methoxy groups -OCH3 is 1. The summed E-state index contributed by atoms with van der Waals surface area (Å²) in [5, 5.41) is 1.73. The van der Waals surface area contributed by atoms with E-state index in [-0.39, 0.29) is 11.4 Å². The normalized spacial score (nSPS) is 11.5. The lowest BCUT2D eigenvalue weighted by atomic mass is 10.1. The van der Waals surface area contributed by atoms with Crippen LogP contribution >= 0.6 is 11.3 Å². The maximum atomic E-state index is 12.2. The van der Waals surface area contributed by atoms with Crippen molar-refractivity contribution >= 4 is 21.4 Å². The maximum Gasteiger partial charge on any atom is 0.241 e. The predicted octanol–water partition coefficient (Wildman–Crippen LogP) is 1.74. The molecule has 3 N–H and O–H groups in total. The zero-order valence-corrected chi connectivity index (χ0v) is 13.3. The van der Waals surface area contributed by atoms with Crippen LogP contribution in [0, 0.1) is 0 Å². The number of rotatable bonds is 7. The first-order chi connectivity index (χ1) is 10.1. The Bertz CT molecular complexity index is 696. The molecule has 0 aliphatic rings. The summed E-state index contributed by atoms with van der Waals surface area (Å²) in [6.07, 6.45) is 0.596. The first-order valence-corrected chi connectivity index (χ1v) is 8.82. The SMILES string of the molecule is COc1cccc(CCNS(=O)(=O)c2ccsc2CN)c1. The molecule has 5 nitrogen and oxygen atoms in total. The largest absolute Gasteiger partial charge is 0.497 e. The van der Waals surface area contributed by atoms with E-state index in [4.69, 9.17) is 10.5 Å². The van der Waals surface area contributed by atoms with Gasteiger partial charge in [0.1, 0.15) is 5.75 Å². The highest BCUT2D eigenvalue weighted by atomic mass is 32.2.